The zero-order chi connectivity index (χ0) is 12.4. The molecule has 1 aromatic heterocycles. The van der Waals surface area contributed by atoms with Crippen LogP contribution < -0.4 is 5.32 Å². The van der Waals surface area contributed by atoms with Crippen LogP contribution in [-0.4, -0.2) is 9.78 Å². The highest BCUT2D eigenvalue weighted by Crippen LogP contribution is 2.20. The Morgan fingerprint density at radius 1 is 1.35 bits per heavy atom. The van der Waals surface area contributed by atoms with E-state index < -0.39 is 0 Å². The zero-order valence-corrected chi connectivity index (χ0v) is 11.0. The fourth-order valence-corrected chi connectivity index (χ4v) is 2.06. The van der Waals surface area contributed by atoms with Gasteiger partial charge in [0.2, 0.25) is 0 Å². The van der Waals surface area contributed by atoms with Gasteiger partial charge in [-0.25, -0.2) is 0 Å². The van der Waals surface area contributed by atoms with E-state index in [2.05, 4.69) is 29.5 Å². The molecule has 0 aliphatic rings. The van der Waals surface area contributed by atoms with Crippen LogP contribution in [0.3, 0.4) is 0 Å². The van der Waals surface area contributed by atoms with Gasteiger partial charge in [0.25, 0.3) is 0 Å². The zero-order valence-electron chi connectivity index (χ0n) is 10.3. The smallest absolute Gasteiger partial charge is 0.131 e. The molecule has 0 bridgehead atoms. The molecule has 90 valence electrons. The third kappa shape index (κ3) is 2.61. The number of nitrogens with one attached hydrogen (secondary N) is 1. The summed E-state index contributed by atoms with van der Waals surface area (Å²) >= 11 is 6.17. The summed E-state index contributed by atoms with van der Waals surface area (Å²) in [4.78, 5) is 0. The molecule has 0 unspecified atom stereocenters. The van der Waals surface area contributed by atoms with E-state index in [1.54, 1.807) is 4.68 Å². The number of anilines is 1. The Hall–Kier alpha value is -1.48. The molecule has 0 fully saturated rings. The van der Waals surface area contributed by atoms with E-state index in [-0.39, 0.29) is 0 Å². The quantitative estimate of drug-likeness (QED) is 0.905. The summed E-state index contributed by atoms with van der Waals surface area (Å²) in [6, 6.07) is 8.27. The predicted molar refractivity (Wildman–Crippen MR) is 71.5 cm³/mol. The summed E-state index contributed by atoms with van der Waals surface area (Å²) in [6.07, 6.45) is 0. The first-order valence-corrected chi connectivity index (χ1v) is 5.94. The lowest BCUT2D eigenvalue weighted by molar-refractivity contribution is 0.757. The second-order valence-corrected chi connectivity index (χ2v) is 4.56. The SMILES string of the molecule is Cc1cccc(NCc2c(C)nn(C)c2Cl)c1. The molecule has 0 saturated heterocycles. The number of aryl methyl sites for hydroxylation is 3. The molecule has 1 heterocycles. The van der Waals surface area contributed by atoms with Crippen molar-refractivity contribution in [2.45, 2.75) is 20.4 Å². The topological polar surface area (TPSA) is 29.9 Å². The van der Waals surface area contributed by atoms with Crippen molar-refractivity contribution in [2.24, 2.45) is 7.05 Å². The Labute approximate surface area is 106 Å². The van der Waals surface area contributed by atoms with Gasteiger partial charge in [0.1, 0.15) is 5.15 Å². The molecule has 0 aliphatic carbocycles. The monoisotopic (exact) mass is 249 g/mol. The first-order valence-electron chi connectivity index (χ1n) is 5.56. The third-order valence-corrected chi connectivity index (χ3v) is 3.23. The van der Waals surface area contributed by atoms with Crippen LogP contribution in [0.5, 0.6) is 0 Å². The van der Waals surface area contributed by atoms with Crippen molar-refractivity contribution >= 4 is 17.3 Å². The summed E-state index contributed by atoms with van der Waals surface area (Å²) in [5.74, 6) is 0. The molecular weight excluding hydrogens is 234 g/mol. The third-order valence-electron chi connectivity index (χ3n) is 2.76. The highest BCUT2D eigenvalue weighted by Gasteiger charge is 2.10. The fourth-order valence-electron chi connectivity index (χ4n) is 1.82. The van der Waals surface area contributed by atoms with Crippen LogP contribution in [0.4, 0.5) is 5.69 Å². The summed E-state index contributed by atoms with van der Waals surface area (Å²) < 4.78 is 1.70. The summed E-state index contributed by atoms with van der Waals surface area (Å²) in [7, 11) is 1.85. The lowest BCUT2D eigenvalue weighted by Gasteiger charge is -2.07. The van der Waals surface area contributed by atoms with Gasteiger partial charge < -0.3 is 5.32 Å². The van der Waals surface area contributed by atoms with E-state index in [0.717, 1.165) is 16.9 Å². The number of nitrogens with zero attached hydrogens (tertiary/aromatic N) is 2. The molecule has 17 heavy (non-hydrogen) atoms. The van der Waals surface area contributed by atoms with E-state index in [0.29, 0.717) is 11.7 Å². The standard InChI is InChI=1S/C13H16ClN3/c1-9-5-4-6-11(7-9)15-8-12-10(2)16-17(3)13(12)14/h4-7,15H,8H2,1-3H3. The largest absolute Gasteiger partial charge is 0.381 e. The van der Waals surface area contributed by atoms with Crippen LogP contribution >= 0.6 is 11.6 Å². The number of halogens is 1. The van der Waals surface area contributed by atoms with Crippen molar-refractivity contribution in [3.63, 3.8) is 0 Å². The number of hydrogen-bond acceptors (Lipinski definition) is 2. The van der Waals surface area contributed by atoms with Crippen LogP contribution in [0, 0.1) is 13.8 Å². The summed E-state index contributed by atoms with van der Waals surface area (Å²) in [5.41, 5.74) is 4.36. The van der Waals surface area contributed by atoms with Crippen LogP contribution in [0.2, 0.25) is 5.15 Å². The van der Waals surface area contributed by atoms with E-state index >= 15 is 0 Å². The number of rotatable bonds is 3. The average molecular weight is 250 g/mol. The molecule has 3 nitrogen and oxygen atoms in total. The van der Waals surface area contributed by atoms with Crippen molar-refractivity contribution in [1.82, 2.24) is 9.78 Å². The van der Waals surface area contributed by atoms with Gasteiger partial charge in [-0.05, 0) is 31.5 Å². The van der Waals surface area contributed by atoms with E-state index in [9.17, 15) is 0 Å². The van der Waals surface area contributed by atoms with E-state index in [1.165, 1.54) is 5.56 Å². The summed E-state index contributed by atoms with van der Waals surface area (Å²) in [5, 5.41) is 8.34. The first kappa shape index (κ1) is 12.0. The van der Waals surface area contributed by atoms with Gasteiger partial charge in [-0.15, -0.1) is 0 Å². The normalized spacial score (nSPS) is 10.6. The van der Waals surface area contributed by atoms with Crippen LogP contribution in [0.1, 0.15) is 16.8 Å². The summed E-state index contributed by atoms with van der Waals surface area (Å²) in [6.45, 7) is 4.74. The molecule has 0 spiro atoms. The highest BCUT2D eigenvalue weighted by molar-refractivity contribution is 6.30. The van der Waals surface area contributed by atoms with Gasteiger partial charge in [0.15, 0.2) is 0 Å². The van der Waals surface area contributed by atoms with Crippen molar-refractivity contribution in [3.8, 4) is 0 Å². The Morgan fingerprint density at radius 3 is 2.71 bits per heavy atom. The maximum Gasteiger partial charge on any atom is 0.131 e. The first-order chi connectivity index (χ1) is 8.08. The molecule has 0 saturated carbocycles. The van der Waals surface area contributed by atoms with Crippen molar-refractivity contribution < 1.29 is 0 Å². The molecule has 1 N–H and O–H groups in total. The maximum absolute atomic E-state index is 6.17. The van der Waals surface area contributed by atoms with E-state index in [1.807, 2.05) is 26.1 Å². The van der Waals surface area contributed by atoms with Crippen molar-refractivity contribution in [3.05, 3.63) is 46.2 Å². The van der Waals surface area contributed by atoms with Crippen LogP contribution in [0.15, 0.2) is 24.3 Å². The predicted octanol–water partition coefficient (Wildman–Crippen LogP) is 3.30. The molecule has 0 radical (unpaired) electrons. The minimum absolute atomic E-state index is 0.696. The van der Waals surface area contributed by atoms with Crippen LogP contribution in [0.25, 0.3) is 0 Å². The van der Waals surface area contributed by atoms with Gasteiger partial charge in [0, 0.05) is 24.8 Å². The lowest BCUT2D eigenvalue weighted by Crippen LogP contribution is -2.00. The highest BCUT2D eigenvalue weighted by atomic mass is 35.5. The van der Waals surface area contributed by atoms with Crippen molar-refractivity contribution in [2.75, 3.05) is 5.32 Å². The fraction of sp³-hybridized carbons (Fsp3) is 0.308. The maximum atomic E-state index is 6.17. The number of aromatic nitrogens is 2. The lowest BCUT2D eigenvalue weighted by atomic mass is 10.2. The molecular formula is C13H16ClN3. The molecule has 0 aliphatic heterocycles. The Kier molecular flexibility index (Phi) is 3.38. The van der Waals surface area contributed by atoms with Gasteiger partial charge in [-0.3, -0.25) is 4.68 Å². The molecule has 0 amide bonds. The Morgan fingerprint density at radius 2 is 2.12 bits per heavy atom. The second kappa shape index (κ2) is 4.80. The number of benzene rings is 1. The second-order valence-electron chi connectivity index (χ2n) is 4.20. The van der Waals surface area contributed by atoms with Gasteiger partial charge in [-0.1, -0.05) is 23.7 Å². The molecule has 0 atom stereocenters. The van der Waals surface area contributed by atoms with Gasteiger partial charge in [-0.2, -0.15) is 5.10 Å². The number of hydrogen-bond donors (Lipinski definition) is 1. The minimum Gasteiger partial charge on any atom is -0.381 e. The van der Waals surface area contributed by atoms with Crippen LogP contribution in [-0.2, 0) is 13.6 Å². The Balaban J connectivity index is 2.12. The van der Waals surface area contributed by atoms with Crippen molar-refractivity contribution in [1.29, 1.82) is 0 Å². The van der Waals surface area contributed by atoms with Gasteiger partial charge in [0.05, 0.1) is 5.69 Å². The Bertz CT molecular complexity index is 531. The molecule has 2 aromatic rings. The molecule has 4 heteroatoms. The average Bonchev–Trinajstić information content (AvgIpc) is 2.51. The minimum atomic E-state index is 0.696. The van der Waals surface area contributed by atoms with Gasteiger partial charge >= 0.3 is 0 Å². The molecule has 1 aromatic carbocycles. The molecule has 2 rings (SSSR count). The van der Waals surface area contributed by atoms with E-state index in [4.69, 9.17) is 11.6 Å².